The number of nitrogens with zero attached hydrogens (tertiary/aromatic N) is 1. The minimum absolute atomic E-state index is 0.000991. The third-order valence-electron chi connectivity index (χ3n) is 2.58. The number of hydrogen-bond acceptors (Lipinski definition) is 2. The van der Waals surface area contributed by atoms with E-state index in [4.69, 9.17) is 17.3 Å². The van der Waals surface area contributed by atoms with Gasteiger partial charge in [-0.1, -0.05) is 29.8 Å². The second-order valence-electron chi connectivity index (χ2n) is 3.82. The van der Waals surface area contributed by atoms with Gasteiger partial charge in [0.2, 0.25) is 0 Å². The summed E-state index contributed by atoms with van der Waals surface area (Å²) in [7, 11) is 0. The first-order valence-electron chi connectivity index (χ1n) is 5.14. The summed E-state index contributed by atoms with van der Waals surface area (Å²) in [5.74, 6) is 0. The average molecular weight is 234 g/mol. The van der Waals surface area contributed by atoms with Gasteiger partial charge in [0.15, 0.2) is 4.77 Å². The lowest BCUT2D eigenvalue weighted by Gasteiger charge is -2.06. The topological polar surface area (TPSA) is 41.0 Å². The molecule has 1 aromatic heterocycles. The summed E-state index contributed by atoms with van der Waals surface area (Å²) in [4.78, 5) is 2.94. The number of aromatic nitrogens is 2. The first kappa shape index (κ1) is 11.1. The van der Waals surface area contributed by atoms with Gasteiger partial charge in [-0.3, -0.25) is 0 Å². The van der Waals surface area contributed by atoms with Crippen LogP contribution in [0.15, 0.2) is 30.5 Å². The van der Waals surface area contributed by atoms with Crippen molar-refractivity contribution in [1.29, 1.82) is 0 Å². The molecule has 0 amide bonds. The van der Waals surface area contributed by atoms with Crippen LogP contribution >= 0.6 is 12.2 Å². The van der Waals surface area contributed by atoms with Crippen LogP contribution in [0.2, 0.25) is 0 Å². The van der Waals surface area contributed by atoms with Crippen LogP contribution in [-0.4, -0.2) is 14.7 Å². The second kappa shape index (κ2) is 4.63. The smallest absolute Gasteiger partial charge is 0.177 e. The minimum Gasteiger partial charge on any atom is -0.390 e. The van der Waals surface area contributed by atoms with Crippen LogP contribution in [0.3, 0.4) is 0 Å². The zero-order chi connectivity index (χ0) is 11.5. The fraction of sp³-hybridized carbons (Fsp3) is 0.250. The predicted molar refractivity (Wildman–Crippen MR) is 65.8 cm³/mol. The Hall–Kier alpha value is -1.39. The Morgan fingerprint density at radius 3 is 2.62 bits per heavy atom. The summed E-state index contributed by atoms with van der Waals surface area (Å²) >= 11 is 5.16. The minimum atomic E-state index is -0.000991. The van der Waals surface area contributed by atoms with E-state index in [1.165, 1.54) is 11.1 Å². The number of H-pyrrole nitrogens is 1. The lowest BCUT2D eigenvalue weighted by molar-refractivity contribution is 0.271. The summed E-state index contributed by atoms with van der Waals surface area (Å²) in [5.41, 5.74) is 3.23. The lowest BCUT2D eigenvalue weighted by atomic mass is 10.1. The molecule has 0 fully saturated rings. The number of imidazole rings is 1. The predicted octanol–water partition coefficient (Wildman–Crippen LogP) is 2.39. The number of hydrogen-bond donors (Lipinski definition) is 2. The van der Waals surface area contributed by atoms with Crippen molar-refractivity contribution in [1.82, 2.24) is 9.55 Å². The number of benzene rings is 1. The van der Waals surface area contributed by atoms with Crippen molar-refractivity contribution in [3.63, 3.8) is 0 Å². The molecule has 16 heavy (non-hydrogen) atoms. The maximum Gasteiger partial charge on any atom is 0.177 e. The highest BCUT2D eigenvalue weighted by atomic mass is 32.1. The average Bonchev–Trinajstić information content (AvgIpc) is 2.63. The van der Waals surface area contributed by atoms with Crippen LogP contribution in [0.1, 0.15) is 16.8 Å². The summed E-state index contributed by atoms with van der Waals surface area (Å²) in [6, 6.07) is 8.30. The van der Waals surface area contributed by atoms with Gasteiger partial charge in [0, 0.05) is 6.20 Å². The van der Waals surface area contributed by atoms with Gasteiger partial charge in [-0.2, -0.15) is 0 Å². The Kier molecular flexibility index (Phi) is 3.22. The molecule has 0 aliphatic heterocycles. The Morgan fingerprint density at radius 1 is 1.31 bits per heavy atom. The van der Waals surface area contributed by atoms with E-state index in [9.17, 15) is 0 Å². The molecule has 1 aromatic carbocycles. The van der Waals surface area contributed by atoms with Crippen molar-refractivity contribution in [3.05, 3.63) is 52.1 Å². The van der Waals surface area contributed by atoms with Gasteiger partial charge in [0.25, 0.3) is 0 Å². The van der Waals surface area contributed by atoms with E-state index in [-0.39, 0.29) is 6.61 Å². The molecule has 0 saturated heterocycles. The van der Waals surface area contributed by atoms with Gasteiger partial charge >= 0.3 is 0 Å². The molecule has 0 bridgehead atoms. The standard InChI is InChI=1S/C12H14N2OS/c1-9-2-4-10(5-3-9)7-14-11(8-15)6-13-12(14)16/h2-6,15H,7-8H2,1H3,(H,13,16). The van der Waals surface area contributed by atoms with E-state index in [1.807, 2.05) is 4.57 Å². The van der Waals surface area contributed by atoms with Crippen LogP contribution in [-0.2, 0) is 13.2 Å². The SMILES string of the molecule is Cc1ccc(Cn2c(CO)c[nH]c2=S)cc1. The van der Waals surface area contributed by atoms with E-state index >= 15 is 0 Å². The van der Waals surface area contributed by atoms with Crippen molar-refractivity contribution in [2.24, 2.45) is 0 Å². The maximum atomic E-state index is 9.17. The highest BCUT2D eigenvalue weighted by Crippen LogP contribution is 2.09. The van der Waals surface area contributed by atoms with Crippen molar-refractivity contribution in [3.8, 4) is 0 Å². The van der Waals surface area contributed by atoms with Crippen LogP contribution in [0.25, 0.3) is 0 Å². The number of aliphatic hydroxyl groups excluding tert-OH is 1. The first-order valence-corrected chi connectivity index (χ1v) is 5.55. The van der Waals surface area contributed by atoms with Crippen molar-refractivity contribution < 1.29 is 5.11 Å². The molecule has 1 heterocycles. The Labute approximate surface area is 99.4 Å². The normalized spacial score (nSPS) is 10.6. The second-order valence-corrected chi connectivity index (χ2v) is 4.20. The molecule has 4 heteroatoms. The number of aryl methyl sites for hydroxylation is 1. The van der Waals surface area contributed by atoms with Gasteiger partial charge in [0.05, 0.1) is 18.8 Å². The molecule has 0 spiro atoms. The van der Waals surface area contributed by atoms with Gasteiger partial charge < -0.3 is 14.7 Å². The number of rotatable bonds is 3. The zero-order valence-corrected chi connectivity index (χ0v) is 9.92. The molecule has 0 unspecified atom stereocenters. The van der Waals surface area contributed by atoms with Crippen LogP contribution in [0, 0.1) is 11.7 Å². The number of aliphatic hydroxyl groups is 1. The highest BCUT2D eigenvalue weighted by molar-refractivity contribution is 7.71. The molecule has 2 aromatic rings. The van der Waals surface area contributed by atoms with Gasteiger partial charge in [-0.25, -0.2) is 0 Å². The van der Waals surface area contributed by atoms with Crippen LogP contribution in [0.5, 0.6) is 0 Å². The lowest BCUT2D eigenvalue weighted by Crippen LogP contribution is -2.04. The molecule has 0 aliphatic carbocycles. The molecule has 2 rings (SSSR count). The molecule has 0 radical (unpaired) electrons. The third kappa shape index (κ3) is 2.23. The quantitative estimate of drug-likeness (QED) is 0.801. The Morgan fingerprint density at radius 2 is 2.00 bits per heavy atom. The van der Waals surface area contributed by atoms with Gasteiger partial charge in [-0.15, -0.1) is 0 Å². The van der Waals surface area contributed by atoms with Crippen LogP contribution < -0.4 is 0 Å². The van der Waals surface area contributed by atoms with E-state index in [1.54, 1.807) is 6.20 Å². The summed E-state index contributed by atoms with van der Waals surface area (Å²) in [6.45, 7) is 2.75. The number of aromatic amines is 1. The third-order valence-corrected chi connectivity index (χ3v) is 2.92. The first-order chi connectivity index (χ1) is 7.70. The fourth-order valence-electron chi connectivity index (χ4n) is 1.61. The molecule has 0 saturated carbocycles. The van der Waals surface area contributed by atoms with Gasteiger partial charge in [-0.05, 0) is 24.7 Å². The Bertz CT molecular complexity index is 525. The molecule has 0 atom stereocenters. The van der Waals surface area contributed by atoms with E-state index < -0.39 is 0 Å². The molecule has 2 N–H and O–H groups in total. The zero-order valence-electron chi connectivity index (χ0n) is 9.10. The Balaban J connectivity index is 2.29. The summed E-state index contributed by atoms with van der Waals surface area (Å²) in [5, 5.41) is 9.17. The van der Waals surface area contributed by atoms with Crippen LogP contribution in [0.4, 0.5) is 0 Å². The molecule has 0 aliphatic rings. The van der Waals surface area contributed by atoms with Crippen molar-refractivity contribution in [2.45, 2.75) is 20.1 Å². The number of nitrogens with one attached hydrogen (secondary N) is 1. The largest absolute Gasteiger partial charge is 0.390 e. The molecule has 84 valence electrons. The molecule has 3 nitrogen and oxygen atoms in total. The van der Waals surface area contributed by atoms with E-state index in [2.05, 4.69) is 36.2 Å². The van der Waals surface area contributed by atoms with Gasteiger partial charge in [0.1, 0.15) is 0 Å². The monoisotopic (exact) mass is 234 g/mol. The summed E-state index contributed by atoms with van der Waals surface area (Å²) < 4.78 is 2.55. The van der Waals surface area contributed by atoms with E-state index in [0.29, 0.717) is 11.3 Å². The van der Waals surface area contributed by atoms with Crippen molar-refractivity contribution in [2.75, 3.05) is 0 Å². The summed E-state index contributed by atoms with van der Waals surface area (Å²) in [6.07, 6.45) is 1.75. The van der Waals surface area contributed by atoms with E-state index in [0.717, 1.165) is 5.69 Å². The maximum absolute atomic E-state index is 9.17. The fourth-order valence-corrected chi connectivity index (χ4v) is 1.85. The molecular formula is C12H14N2OS. The molecular weight excluding hydrogens is 220 g/mol. The highest BCUT2D eigenvalue weighted by Gasteiger charge is 2.03. The van der Waals surface area contributed by atoms with Crippen molar-refractivity contribution >= 4 is 12.2 Å².